The summed E-state index contributed by atoms with van der Waals surface area (Å²) in [5.74, 6) is 0. The molecule has 1 aliphatic rings. The first-order valence-electron chi connectivity index (χ1n) is 11.3. The third-order valence-electron chi connectivity index (χ3n) is 5.55. The zero-order chi connectivity index (χ0) is 23.8. The predicted molar refractivity (Wildman–Crippen MR) is 127 cm³/mol. The Morgan fingerprint density at radius 3 is 2.36 bits per heavy atom. The summed E-state index contributed by atoms with van der Waals surface area (Å²) in [6, 6.07) is 15.8. The van der Waals surface area contributed by atoms with Crippen molar-refractivity contribution in [1.29, 1.82) is 0 Å². The number of ether oxygens (including phenoxy) is 1. The molecule has 0 aromatic heterocycles. The van der Waals surface area contributed by atoms with Gasteiger partial charge in [0.25, 0.3) is 0 Å². The molecule has 9 heteroatoms. The van der Waals surface area contributed by atoms with E-state index in [-0.39, 0.29) is 29.7 Å². The van der Waals surface area contributed by atoms with Crippen LogP contribution < -0.4 is 15.4 Å². The molecule has 8 nitrogen and oxygen atoms in total. The molecule has 1 fully saturated rings. The molecule has 3 rings (SSSR count). The van der Waals surface area contributed by atoms with Crippen LogP contribution >= 0.6 is 0 Å². The molecule has 0 unspecified atom stereocenters. The van der Waals surface area contributed by atoms with E-state index >= 15 is 0 Å². The fourth-order valence-corrected chi connectivity index (χ4v) is 5.16. The molecule has 33 heavy (non-hydrogen) atoms. The molecule has 0 aliphatic carbocycles. The van der Waals surface area contributed by atoms with E-state index in [0.717, 1.165) is 11.1 Å². The number of urea groups is 1. The van der Waals surface area contributed by atoms with Crippen molar-refractivity contribution in [2.75, 3.05) is 13.2 Å². The number of benzene rings is 2. The van der Waals surface area contributed by atoms with Crippen molar-refractivity contribution < 1.29 is 23.1 Å². The number of sulfonamides is 1. The van der Waals surface area contributed by atoms with Gasteiger partial charge in [-0.3, -0.25) is 0 Å². The molecule has 1 heterocycles. The Hall–Kier alpha value is -2.46. The summed E-state index contributed by atoms with van der Waals surface area (Å²) in [7, 11) is -3.77. The van der Waals surface area contributed by atoms with Crippen LogP contribution in [-0.4, -0.2) is 57.0 Å². The van der Waals surface area contributed by atoms with Gasteiger partial charge in [-0.15, -0.1) is 0 Å². The smallest absolute Gasteiger partial charge is 0.314 e. The summed E-state index contributed by atoms with van der Waals surface area (Å²) in [6.45, 7) is 3.91. The number of carbonyl (C=O) groups excluding carboxylic acids is 1. The summed E-state index contributed by atoms with van der Waals surface area (Å²) in [5.41, 5.74) is 1.94. The number of hydrogen-bond donors (Lipinski definition) is 4. The molecule has 2 amide bonds. The molecule has 2 aromatic rings. The van der Waals surface area contributed by atoms with Crippen LogP contribution in [0.3, 0.4) is 0 Å². The van der Waals surface area contributed by atoms with E-state index in [0.29, 0.717) is 25.8 Å². The van der Waals surface area contributed by atoms with Crippen LogP contribution in [0.4, 0.5) is 4.79 Å². The second-order valence-corrected chi connectivity index (χ2v) is 10.2. The first-order valence-corrected chi connectivity index (χ1v) is 12.8. The van der Waals surface area contributed by atoms with Crippen LogP contribution in [0.5, 0.6) is 0 Å². The summed E-state index contributed by atoms with van der Waals surface area (Å²) in [4.78, 5) is 11.8. The van der Waals surface area contributed by atoms with E-state index in [4.69, 9.17) is 4.74 Å². The van der Waals surface area contributed by atoms with E-state index in [1.54, 1.807) is 24.3 Å². The molecule has 4 N–H and O–H groups in total. The van der Waals surface area contributed by atoms with Crippen molar-refractivity contribution in [1.82, 2.24) is 15.4 Å². The second kappa shape index (κ2) is 11.6. The van der Waals surface area contributed by atoms with Crippen molar-refractivity contribution in [2.45, 2.75) is 62.3 Å². The molecule has 2 aromatic carbocycles. The predicted octanol–water partition coefficient (Wildman–Crippen LogP) is 2.64. The number of aliphatic hydroxyl groups excluding tert-OH is 1. The molecule has 0 bridgehead atoms. The van der Waals surface area contributed by atoms with Crippen LogP contribution in [-0.2, 0) is 14.8 Å². The molecular weight excluding hydrogens is 442 g/mol. The Bertz CT molecular complexity index is 997. The maximum atomic E-state index is 12.9. The SMILES string of the molecule is CC(C)NC(=O)NCC[C@@H]1CC[C@@H](NS(=O)(=O)c2ccc(-c3ccccc3)cc2)[C@@H](CO)O1. The highest BCUT2D eigenvalue weighted by Gasteiger charge is 2.33. The highest BCUT2D eigenvalue weighted by atomic mass is 32.2. The van der Waals surface area contributed by atoms with Crippen LogP contribution in [0.25, 0.3) is 11.1 Å². The third-order valence-corrected chi connectivity index (χ3v) is 7.05. The molecular formula is C24H33N3O5S. The molecule has 0 radical (unpaired) electrons. The zero-order valence-electron chi connectivity index (χ0n) is 19.0. The summed E-state index contributed by atoms with van der Waals surface area (Å²) >= 11 is 0. The average Bonchev–Trinajstić information content (AvgIpc) is 2.80. The number of amides is 2. The topological polar surface area (TPSA) is 117 Å². The lowest BCUT2D eigenvalue weighted by Gasteiger charge is -2.36. The third kappa shape index (κ3) is 7.26. The second-order valence-electron chi connectivity index (χ2n) is 8.52. The van der Waals surface area contributed by atoms with Gasteiger partial charge in [0, 0.05) is 12.6 Å². The van der Waals surface area contributed by atoms with E-state index in [9.17, 15) is 18.3 Å². The van der Waals surface area contributed by atoms with Crippen LogP contribution in [0.1, 0.15) is 33.1 Å². The van der Waals surface area contributed by atoms with Crippen molar-refractivity contribution in [2.24, 2.45) is 0 Å². The van der Waals surface area contributed by atoms with Crippen molar-refractivity contribution in [3.05, 3.63) is 54.6 Å². The normalized spacial score (nSPS) is 21.0. The van der Waals surface area contributed by atoms with Gasteiger partial charge < -0.3 is 20.5 Å². The first-order chi connectivity index (χ1) is 15.8. The van der Waals surface area contributed by atoms with E-state index < -0.39 is 22.2 Å². The zero-order valence-corrected chi connectivity index (χ0v) is 19.8. The summed E-state index contributed by atoms with van der Waals surface area (Å²) < 4.78 is 34.5. The van der Waals surface area contributed by atoms with Gasteiger partial charge in [-0.25, -0.2) is 17.9 Å². The number of hydrogen-bond acceptors (Lipinski definition) is 5. The van der Waals surface area contributed by atoms with Gasteiger partial charge in [-0.1, -0.05) is 42.5 Å². The van der Waals surface area contributed by atoms with Crippen molar-refractivity contribution in [3.63, 3.8) is 0 Å². The molecule has 1 saturated heterocycles. The van der Waals surface area contributed by atoms with Crippen LogP contribution in [0.15, 0.2) is 59.5 Å². The lowest BCUT2D eigenvalue weighted by atomic mass is 9.98. The Labute approximate surface area is 195 Å². The Balaban J connectivity index is 1.55. The van der Waals surface area contributed by atoms with E-state index in [1.165, 1.54) is 0 Å². The lowest BCUT2D eigenvalue weighted by Crippen LogP contribution is -2.51. The van der Waals surface area contributed by atoms with E-state index in [2.05, 4.69) is 15.4 Å². The van der Waals surface area contributed by atoms with Gasteiger partial charge >= 0.3 is 6.03 Å². The Kier molecular flexibility index (Phi) is 8.85. The quantitative estimate of drug-likeness (QED) is 0.445. The average molecular weight is 476 g/mol. The van der Waals surface area contributed by atoms with Gasteiger partial charge in [-0.2, -0.15) is 0 Å². The van der Waals surface area contributed by atoms with Crippen LogP contribution in [0, 0.1) is 0 Å². The minimum atomic E-state index is -3.77. The molecule has 1 aliphatic heterocycles. The minimum Gasteiger partial charge on any atom is -0.394 e. The van der Waals surface area contributed by atoms with E-state index in [1.807, 2.05) is 44.2 Å². The molecule has 3 atom stereocenters. The number of nitrogens with one attached hydrogen (secondary N) is 3. The van der Waals surface area contributed by atoms with Gasteiger partial charge in [0.1, 0.15) is 0 Å². The molecule has 0 saturated carbocycles. The number of carbonyl (C=O) groups is 1. The fourth-order valence-electron chi connectivity index (χ4n) is 3.86. The molecule has 0 spiro atoms. The van der Waals surface area contributed by atoms with Gasteiger partial charge in [-0.05, 0) is 56.4 Å². The van der Waals surface area contributed by atoms with Gasteiger partial charge in [0.2, 0.25) is 10.0 Å². The Morgan fingerprint density at radius 2 is 1.73 bits per heavy atom. The van der Waals surface area contributed by atoms with Crippen molar-refractivity contribution >= 4 is 16.1 Å². The molecule has 180 valence electrons. The van der Waals surface area contributed by atoms with Crippen LogP contribution in [0.2, 0.25) is 0 Å². The standard InChI is InChI=1S/C24H33N3O5S/c1-17(2)26-24(29)25-15-14-20-10-13-22(23(16-28)32-20)27-33(30,31)21-11-8-19(9-12-21)18-6-4-3-5-7-18/h3-9,11-12,17,20,22-23,27-28H,10,13-16H2,1-2H3,(H2,25,26,29)/t20-,22+,23+/m0/s1. The number of rotatable bonds is 9. The monoisotopic (exact) mass is 475 g/mol. The summed E-state index contributed by atoms with van der Waals surface area (Å²) in [6.07, 6.45) is 0.945. The Morgan fingerprint density at radius 1 is 1.06 bits per heavy atom. The fraction of sp³-hybridized carbons (Fsp3) is 0.458. The van der Waals surface area contributed by atoms with Gasteiger partial charge in [0.15, 0.2) is 0 Å². The van der Waals surface area contributed by atoms with Crippen molar-refractivity contribution in [3.8, 4) is 11.1 Å². The highest BCUT2D eigenvalue weighted by Crippen LogP contribution is 2.25. The number of aliphatic hydroxyl groups is 1. The summed E-state index contributed by atoms with van der Waals surface area (Å²) in [5, 5.41) is 15.3. The highest BCUT2D eigenvalue weighted by molar-refractivity contribution is 7.89. The van der Waals surface area contributed by atoms with Gasteiger partial charge in [0.05, 0.1) is 29.8 Å². The first kappa shape index (κ1) is 25.2. The minimum absolute atomic E-state index is 0.0537. The maximum absolute atomic E-state index is 12.9. The lowest BCUT2D eigenvalue weighted by molar-refractivity contribution is -0.0871. The maximum Gasteiger partial charge on any atom is 0.314 e. The largest absolute Gasteiger partial charge is 0.394 e.